The number of rotatable bonds is 6. The second kappa shape index (κ2) is 9.74. The molecule has 1 N–H and O–H groups in total. The maximum Gasteiger partial charge on any atom is 0.273 e. The number of benzene rings is 3. The first-order chi connectivity index (χ1) is 18.6. The number of carbonyl (C=O) groups is 1. The van der Waals surface area contributed by atoms with Crippen molar-refractivity contribution in [3.63, 3.8) is 0 Å². The third-order valence-corrected chi connectivity index (χ3v) is 7.22. The van der Waals surface area contributed by atoms with E-state index in [-0.39, 0.29) is 11.7 Å². The highest BCUT2D eigenvalue weighted by Crippen LogP contribution is 2.40. The van der Waals surface area contributed by atoms with Gasteiger partial charge in [0, 0.05) is 23.9 Å². The van der Waals surface area contributed by atoms with Gasteiger partial charge in [0.2, 0.25) is 0 Å². The smallest absolute Gasteiger partial charge is 0.273 e. The highest BCUT2D eigenvalue weighted by Gasteiger charge is 2.30. The number of ether oxygens (including phenoxy) is 2. The number of hydrogen-bond acceptors (Lipinski definition) is 3. The quantitative estimate of drug-likeness (QED) is 0.273. The van der Waals surface area contributed by atoms with Crippen LogP contribution in [0.1, 0.15) is 28.9 Å². The van der Waals surface area contributed by atoms with Gasteiger partial charge < -0.3 is 19.4 Å². The molecule has 0 saturated heterocycles. The molecule has 0 spiro atoms. The third kappa shape index (κ3) is 4.00. The van der Waals surface area contributed by atoms with Gasteiger partial charge in [0.1, 0.15) is 28.7 Å². The number of methoxy groups -OCH3 is 2. The molecule has 0 radical (unpaired) electrons. The van der Waals surface area contributed by atoms with Gasteiger partial charge in [0.15, 0.2) is 0 Å². The fourth-order valence-electron chi connectivity index (χ4n) is 5.46. The van der Waals surface area contributed by atoms with Gasteiger partial charge in [-0.2, -0.15) is 0 Å². The van der Waals surface area contributed by atoms with Gasteiger partial charge in [-0.3, -0.25) is 9.20 Å². The Bertz CT molecular complexity index is 1630. The van der Waals surface area contributed by atoms with Gasteiger partial charge in [0.25, 0.3) is 5.91 Å². The molecule has 5 aromatic rings. The Hall–Kier alpha value is -4.52. The van der Waals surface area contributed by atoms with Gasteiger partial charge >= 0.3 is 0 Å². The number of imidazole rings is 1. The molecule has 0 fully saturated rings. The summed E-state index contributed by atoms with van der Waals surface area (Å²) in [6.07, 6.45) is 4.87. The summed E-state index contributed by atoms with van der Waals surface area (Å²) in [5.41, 5.74) is 6.92. The second-order valence-electron chi connectivity index (χ2n) is 9.41. The van der Waals surface area contributed by atoms with Crippen LogP contribution in [0.2, 0.25) is 0 Å². The monoisotopic (exact) mass is 509 g/mol. The van der Waals surface area contributed by atoms with E-state index < -0.39 is 0 Å². The molecule has 0 aliphatic carbocycles. The molecular formula is C31H28FN3O3. The van der Waals surface area contributed by atoms with Gasteiger partial charge in [-0.25, -0.2) is 4.39 Å². The summed E-state index contributed by atoms with van der Waals surface area (Å²) >= 11 is 0. The molecule has 6 rings (SSSR count). The topological polar surface area (TPSA) is 56.9 Å². The van der Waals surface area contributed by atoms with Crippen molar-refractivity contribution in [1.82, 2.24) is 8.97 Å². The number of aryl methyl sites for hydroxylation is 2. The number of nitrogens with one attached hydrogen (secondary N) is 1. The highest BCUT2D eigenvalue weighted by molar-refractivity contribution is 6.10. The lowest BCUT2D eigenvalue weighted by molar-refractivity contribution is 0.102. The molecule has 38 heavy (non-hydrogen) atoms. The maximum atomic E-state index is 14.0. The van der Waals surface area contributed by atoms with E-state index in [2.05, 4.69) is 9.88 Å². The minimum Gasteiger partial charge on any atom is -0.497 e. The van der Waals surface area contributed by atoms with Crippen molar-refractivity contribution in [3.8, 4) is 33.9 Å². The summed E-state index contributed by atoms with van der Waals surface area (Å²) in [6, 6.07) is 21.7. The zero-order chi connectivity index (χ0) is 26.2. The van der Waals surface area contributed by atoms with E-state index in [0.717, 1.165) is 65.2 Å². The van der Waals surface area contributed by atoms with E-state index >= 15 is 0 Å². The fourth-order valence-corrected chi connectivity index (χ4v) is 5.46. The number of anilines is 1. The van der Waals surface area contributed by atoms with Crippen LogP contribution in [0.3, 0.4) is 0 Å². The Morgan fingerprint density at radius 3 is 2.37 bits per heavy atom. The predicted octanol–water partition coefficient (Wildman–Crippen LogP) is 6.82. The summed E-state index contributed by atoms with van der Waals surface area (Å²) in [5, 5.41) is 3.06. The number of halogens is 1. The number of hydrogen-bond donors (Lipinski definition) is 1. The van der Waals surface area contributed by atoms with Gasteiger partial charge in [-0.15, -0.1) is 0 Å². The number of nitrogens with zero attached hydrogens (tertiary/aromatic N) is 2. The van der Waals surface area contributed by atoms with Crippen molar-refractivity contribution in [2.24, 2.45) is 0 Å². The van der Waals surface area contributed by atoms with E-state index in [9.17, 15) is 9.18 Å². The molecule has 0 atom stereocenters. The summed E-state index contributed by atoms with van der Waals surface area (Å²) in [6.45, 7) is 0.839. The molecule has 1 aliphatic rings. The molecule has 1 amide bonds. The Morgan fingerprint density at radius 2 is 1.63 bits per heavy atom. The first kappa shape index (κ1) is 23.9. The van der Waals surface area contributed by atoms with Crippen molar-refractivity contribution in [1.29, 1.82) is 0 Å². The summed E-state index contributed by atoms with van der Waals surface area (Å²) in [4.78, 5) is 14.0. The van der Waals surface area contributed by atoms with Crippen molar-refractivity contribution >= 4 is 17.2 Å². The number of para-hydroxylation sites is 2. The normalized spacial score (nSPS) is 12.8. The van der Waals surface area contributed by atoms with E-state index in [1.807, 2.05) is 59.1 Å². The van der Waals surface area contributed by atoms with Gasteiger partial charge in [-0.05, 0) is 78.9 Å². The Kier molecular flexibility index (Phi) is 6.12. The van der Waals surface area contributed by atoms with Crippen molar-refractivity contribution in [2.45, 2.75) is 25.8 Å². The van der Waals surface area contributed by atoms with Crippen LogP contribution in [-0.2, 0) is 13.0 Å². The van der Waals surface area contributed by atoms with Gasteiger partial charge in [-0.1, -0.05) is 24.3 Å². The number of amides is 1. The maximum absolute atomic E-state index is 14.0. The average molecular weight is 510 g/mol. The van der Waals surface area contributed by atoms with Crippen molar-refractivity contribution < 1.29 is 18.7 Å². The molecule has 0 bridgehead atoms. The molecule has 2 aromatic heterocycles. The SMILES string of the molecule is COc1ccc(-c2cn3c(C(=O)Nc4ccccc4OC)c(-c4ccc(F)cc4)c4c3n2CCCC4)cc1. The highest BCUT2D eigenvalue weighted by atomic mass is 19.1. The molecule has 3 heterocycles. The lowest BCUT2D eigenvalue weighted by atomic mass is 9.97. The van der Waals surface area contributed by atoms with Crippen LogP contribution in [-0.4, -0.2) is 29.1 Å². The van der Waals surface area contributed by atoms with Crippen LogP contribution < -0.4 is 14.8 Å². The first-order valence-electron chi connectivity index (χ1n) is 12.7. The Balaban J connectivity index is 1.59. The van der Waals surface area contributed by atoms with E-state index in [1.54, 1.807) is 26.4 Å². The zero-order valence-electron chi connectivity index (χ0n) is 21.3. The van der Waals surface area contributed by atoms with Crippen LogP contribution in [0.4, 0.5) is 10.1 Å². The molecule has 0 saturated carbocycles. The fraction of sp³-hybridized carbons (Fsp3) is 0.194. The van der Waals surface area contributed by atoms with Crippen molar-refractivity contribution in [2.75, 3.05) is 19.5 Å². The standard InChI is InChI=1S/C31H28FN3O3/c1-37-23-16-12-20(13-17-23)26-19-35-29(30(36)33-25-8-3-4-9-27(25)38-2)28(21-10-14-22(32)15-11-21)24-7-5-6-18-34(26)31(24)35/h3-4,8-17,19H,5-7,18H2,1-2H3,(H,33,36). The van der Waals surface area contributed by atoms with Crippen molar-refractivity contribution in [3.05, 3.63) is 96.1 Å². The van der Waals surface area contributed by atoms with Gasteiger partial charge in [0.05, 0.1) is 25.6 Å². The van der Waals surface area contributed by atoms with Crippen LogP contribution in [0, 0.1) is 5.82 Å². The molecule has 3 aromatic carbocycles. The summed E-state index contributed by atoms with van der Waals surface area (Å²) in [5.74, 6) is 0.803. The average Bonchev–Trinajstić information content (AvgIpc) is 3.36. The molecule has 6 nitrogen and oxygen atoms in total. The van der Waals surface area contributed by atoms with E-state index in [4.69, 9.17) is 9.47 Å². The van der Waals surface area contributed by atoms with E-state index in [1.165, 1.54) is 12.1 Å². The lowest BCUT2D eigenvalue weighted by Gasteiger charge is -2.12. The van der Waals surface area contributed by atoms with Crippen LogP contribution in [0.15, 0.2) is 79.0 Å². The van der Waals surface area contributed by atoms with Crippen LogP contribution >= 0.6 is 0 Å². The lowest BCUT2D eigenvalue weighted by Crippen LogP contribution is -2.16. The predicted molar refractivity (Wildman–Crippen MR) is 147 cm³/mol. The molecule has 192 valence electrons. The molecule has 1 aliphatic heterocycles. The Labute approximate surface area is 220 Å². The summed E-state index contributed by atoms with van der Waals surface area (Å²) in [7, 11) is 3.23. The molecule has 0 unspecified atom stereocenters. The molecule has 7 heteroatoms. The summed E-state index contributed by atoms with van der Waals surface area (Å²) < 4.78 is 29.0. The minimum absolute atomic E-state index is 0.255. The second-order valence-corrected chi connectivity index (χ2v) is 9.41. The van der Waals surface area contributed by atoms with Crippen LogP contribution in [0.5, 0.6) is 11.5 Å². The minimum atomic E-state index is -0.310. The number of aromatic nitrogens is 2. The number of carbonyl (C=O) groups excluding carboxylic acids is 1. The largest absolute Gasteiger partial charge is 0.497 e. The zero-order valence-corrected chi connectivity index (χ0v) is 21.3. The van der Waals surface area contributed by atoms with Crippen LogP contribution in [0.25, 0.3) is 28.0 Å². The third-order valence-electron chi connectivity index (χ3n) is 7.22. The first-order valence-corrected chi connectivity index (χ1v) is 12.7. The Morgan fingerprint density at radius 1 is 0.895 bits per heavy atom. The molecular weight excluding hydrogens is 481 g/mol. The van der Waals surface area contributed by atoms with E-state index in [0.29, 0.717) is 17.1 Å².